The number of methoxy groups -OCH3 is 1. The lowest BCUT2D eigenvalue weighted by molar-refractivity contribution is -0.137. The van der Waals surface area contributed by atoms with Crippen LogP contribution in [0.25, 0.3) is 11.0 Å². The summed E-state index contributed by atoms with van der Waals surface area (Å²) in [6, 6.07) is 15.0. The Morgan fingerprint density at radius 3 is 2.59 bits per heavy atom. The second-order valence-electron chi connectivity index (χ2n) is 9.32. The Labute approximate surface area is 222 Å². The molecule has 0 radical (unpaired) electrons. The summed E-state index contributed by atoms with van der Waals surface area (Å²) in [6.45, 7) is -2.18. The lowest BCUT2D eigenvalue weighted by Gasteiger charge is -2.32. The topological polar surface area (TPSA) is 107 Å². The Bertz CT molecular complexity index is 1540. The summed E-state index contributed by atoms with van der Waals surface area (Å²) in [5.74, 6) is -1.10. The fraction of sp³-hybridized carbons (Fsp3) is 0.286. The van der Waals surface area contributed by atoms with Gasteiger partial charge >= 0.3 is 12.6 Å². The molecule has 0 fully saturated rings. The standard InChI is InChI=1S/C28H26F2N4O5/c1-33-26-23(31-32-33)12-18(13-24(26)38-2)22(14-25(35)36)21-5-3-4-17-15-34(11-10-20(17)21)27(37)16-6-8-19(9-7-16)39-28(29)30/h3-9,12-13,22,28H,10-11,14-15H2,1-2H3,(H,35,36). The minimum absolute atomic E-state index is 0.0176. The number of amides is 1. The van der Waals surface area contributed by atoms with Crippen molar-refractivity contribution in [3.63, 3.8) is 0 Å². The number of alkyl halides is 2. The first kappa shape index (κ1) is 26.1. The number of hydrogen-bond acceptors (Lipinski definition) is 6. The zero-order valence-electron chi connectivity index (χ0n) is 21.3. The average Bonchev–Trinajstić information content (AvgIpc) is 3.30. The highest BCUT2D eigenvalue weighted by molar-refractivity contribution is 5.94. The molecule has 1 N–H and O–H groups in total. The van der Waals surface area contributed by atoms with E-state index in [4.69, 9.17) is 4.74 Å². The van der Waals surface area contributed by atoms with Crippen molar-refractivity contribution in [2.45, 2.75) is 31.9 Å². The van der Waals surface area contributed by atoms with E-state index in [1.54, 1.807) is 23.7 Å². The number of aryl methyl sites for hydroxylation is 1. The van der Waals surface area contributed by atoms with E-state index in [9.17, 15) is 23.5 Å². The van der Waals surface area contributed by atoms with E-state index in [1.807, 2.05) is 30.3 Å². The van der Waals surface area contributed by atoms with Crippen molar-refractivity contribution < 1.29 is 33.0 Å². The minimum atomic E-state index is -2.94. The van der Waals surface area contributed by atoms with Crippen LogP contribution in [0.4, 0.5) is 8.78 Å². The number of aliphatic carboxylic acids is 1. The molecular weight excluding hydrogens is 510 g/mol. The molecule has 39 heavy (non-hydrogen) atoms. The van der Waals surface area contributed by atoms with Crippen LogP contribution in [0, 0.1) is 0 Å². The van der Waals surface area contributed by atoms with Crippen molar-refractivity contribution in [1.82, 2.24) is 19.9 Å². The summed E-state index contributed by atoms with van der Waals surface area (Å²) >= 11 is 0. The fourth-order valence-corrected chi connectivity index (χ4v) is 5.21. The van der Waals surface area contributed by atoms with Crippen LogP contribution in [-0.2, 0) is 24.8 Å². The number of carboxylic acid groups (broad SMARTS) is 1. The van der Waals surface area contributed by atoms with E-state index in [0.717, 1.165) is 22.3 Å². The summed E-state index contributed by atoms with van der Waals surface area (Å²) in [7, 11) is 3.31. The van der Waals surface area contributed by atoms with E-state index < -0.39 is 18.5 Å². The number of carboxylic acids is 1. The summed E-state index contributed by atoms with van der Waals surface area (Å²) in [4.78, 5) is 26.8. The molecule has 0 saturated carbocycles. The van der Waals surface area contributed by atoms with Crippen LogP contribution in [0.2, 0.25) is 0 Å². The van der Waals surface area contributed by atoms with Crippen LogP contribution in [-0.4, -0.2) is 57.1 Å². The number of hydrogen-bond donors (Lipinski definition) is 1. The van der Waals surface area contributed by atoms with Crippen molar-refractivity contribution >= 4 is 22.9 Å². The molecule has 1 unspecified atom stereocenters. The summed E-state index contributed by atoms with van der Waals surface area (Å²) in [5, 5.41) is 18.1. The normalized spacial score (nSPS) is 13.8. The number of halogens is 2. The SMILES string of the molecule is COc1cc(C(CC(=O)O)c2cccc3c2CCN(C(=O)c2ccc(OC(F)F)cc2)C3)cc2nnn(C)c12. The van der Waals surface area contributed by atoms with Gasteiger partial charge in [0.05, 0.1) is 13.5 Å². The van der Waals surface area contributed by atoms with E-state index in [1.165, 1.54) is 24.3 Å². The first-order valence-electron chi connectivity index (χ1n) is 12.3. The lowest BCUT2D eigenvalue weighted by atomic mass is 9.82. The van der Waals surface area contributed by atoms with E-state index in [2.05, 4.69) is 15.0 Å². The lowest BCUT2D eigenvalue weighted by Crippen LogP contribution is -2.36. The largest absolute Gasteiger partial charge is 0.494 e. The van der Waals surface area contributed by atoms with Crippen LogP contribution in [0.3, 0.4) is 0 Å². The molecule has 1 aliphatic rings. The molecular formula is C28H26F2N4O5. The number of benzene rings is 3. The molecule has 0 aliphatic carbocycles. The van der Waals surface area contributed by atoms with Crippen molar-refractivity contribution in [3.05, 3.63) is 82.4 Å². The Kier molecular flexibility index (Phi) is 7.14. The molecule has 0 spiro atoms. The van der Waals surface area contributed by atoms with E-state index >= 15 is 0 Å². The average molecular weight is 537 g/mol. The molecule has 9 nitrogen and oxygen atoms in total. The summed E-state index contributed by atoms with van der Waals surface area (Å²) in [5.41, 5.74) is 5.24. The second-order valence-corrected chi connectivity index (χ2v) is 9.32. The second kappa shape index (κ2) is 10.7. The van der Waals surface area contributed by atoms with Gasteiger partial charge < -0.3 is 19.5 Å². The van der Waals surface area contributed by atoms with Crippen molar-refractivity contribution in [2.24, 2.45) is 7.05 Å². The van der Waals surface area contributed by atoms with Crippen molar-refractivity contribution in [2.75, 3.05) is 13.7 Å². The first-order valence-corrected chi connectivity index (χ1v) is 12.3. The third-order valence-electron chi connectivity index (χ3n) is 6.98. The maximum Gasteiger partial charge on any atom is 0.387 e. The Morgan fingerprint density at radius 1 is 1.13 bits per heavy atom. The number of carbonyl (C=O) groups excluding carboxylic acids is 1. The molecule has 202 valence electrons. The number of aromatic nitrogens is 3. The van der Waals surface area contributed by atoms with Crippen LogP contribution in [0.15, 0.2) is 54.6 Å². The van der Waals surface area contributed by atoms with Gasteiger partial charge in [0, 0.05) is 31.6 Å². The van der Waals surface area contributed by atoms with Gasteiger partial charge in [0.1, 0.15) is 22.5 Å². The molecule has 3 aromatic carbocycles. The summed E-state index contributed by atoms with van der Waals surface area (Å²) in [6.07, 6.45) is 0.394. The van der Waals surface area contributed by atoms with Gasteiger partial charge in [-0.3, -0.25) is 9.59 Å². The van der Waals surface area contributed by atoms with Gasteiger partial charge in [0.15, 0.2) is 0 Å². The van der Waals surface area contributed by atoms with Gasteiger partial charge in [-0.15, -0.1) is 5.10 Å². The smallest absolute Gasteiger partial charge is 0.387 e. The molecule has 2 heterocycles. The first-order chi connectivity index (χ1) is 18.7. The summed E-state index contributed by atoms with van der Waals surface area (Å²) < 4.78 is 36.4. The molecule has 1 aliphatic heterocycles. The Morgan fingerprint density at radius 2 is 1.90 bits per heavy atom. The zero-order chi connectivity index (χ0) is 27.7. The molecule has 1 aromatic heterocycles. The third kappa shape index (κ3) is 5.25. The maximum atomic E-state index is 13.2. The zero-order valence-corrected chi connectivity index (χ0v) is 21.3. The van der Waals surface area contributed by atoms with Crippen LogP contribution < -0.4 is 9.47 Å². The van der Waals surface area contributed by atoms with Crippen LogP contribution in [0.5, 0.6) is 11.5 Å². The Hall–Kier alpha value is -4.54. The van der Waals surface area contributed by atoms with Crippen molar-refractivity contribution in [3.8, 4) is 11.5 Å². The minimum Gasteiger partial charge on any atom is -0.494 e. The number of nitrogens with zero attached hydrogens (tertiary/aromatic N) is 4. The number of carbonyl (C=O) groups is 2. The number of rotatable bonds is 8. The maximum absolute atomic E-state index is 13.2. The highest BCUT2D eigenvalue weighted by Crippen LogP contribution is 2.38. The molecule has 0 bridgehead atoms. The van der Waals surface area contributed by atoms with Gasteiger partial charge in [-0.1, -0.05) is 23.4 Å². The van der Waals surface area contributed by atoms with E-state index in [-0.39, 0.29) is 18.1 Å². The number of fused-ring (bicyclic) bond motifs is 2. The van der Waals surface area contributed by atoms with E-state index in [0.29, 0.717) is 41.9 Å². The van der Waals surface area contributed by atoms with Crippen LogP contribution >= 0.6 is 0 Å². The predicted molar refractivity (Wildman–Crippen MR) is 137 cm³/mol. The number of ether oxygens (including phenoxy) is 2. The van der Waals surface area contributed by atoms with Crippen LogP contribution in [0.1, 0.15) is 45.0 Å². The van der Waals surface area contributed by atoms with Gasteiger partial charge in [-0.05, 0) is 65.1 Å². The molecule has 1 atom stereocenters. The van der Waals surface area contributed by atoms with Crippen molar-refractivity contribution in [1.29, 1.82) is 0 Å². The van der Waals surface area contributed by atoms with Gasteiger partial charge in [0.2, 0.25) is 0 Å². The highest BCUT2D eigenvalue weighted by Gasteiger charge is 2.28. The van der Waals surface area contributed by atoms with Gasteiger partial charge in [0.25, 0.3) is 5.91 Å². The quantitative estimate of drug-likeness (QED) is 0.356. The van der Waals surface area contributed by atoms with Gasteiger partial charge in [-0.2, -0.15) is 8.78 Å². The highest BCUT2D eigenvalue weighted by atomic mass is 19.3. The molecule has 4 aromatic rings. The monoisotopic (exact) mass is 536 g/mol. The molecule has 0 saturated heterocycles. The molecule has 1 amide bonds. The molecule has 5 rings (SSSR count). The predicted octanol–water partition coefficient (Wildman–Crippen LogP) is 4.38. The third-order valence-corrected chi connectivity index (χ3v) is 6.98. The molecule has 11 heteroatoms. The van der Waals surface area contributed by atoms with Gasteiger partial charge in [-0.25, -0.2) is 4.68 Å². The fourth-order valence-electron chi connectivity index (χ4n) is 5.21. The Balaban J connectivity index is 1.46.